The van der Waals surface area contributed by atoms with Gasteiger partial charge in [0.15, 0.2) is 0 Å². The molecule has 0 saturated heterocycles. The fourth-order valence-corrected chi connectivity index (χ4v) is 3.08. The summed E-state index contributed by atoms with van der Waals surface area (Å²) >= 11 is 18.2. The Bertz CT molecular complexity index is 1080. The van der Waals surface area contributed by atoms with Crippen LogP contribution in [0.5, 0.6) is 5.75 Å². The zero-order valence-electron chi connectivity index (χ0n) is 17.0. The summed E-state index contributed by atoms with van der Waals surface area (Å²) in [5, 5.41) is 13.5. The molecule has 1 atom stereocenters. The fraction of sp³-hybridized carbons (Fsp3) is 0.174. The number of hydrogen-bond acceptors (Lipinski definition) is 4. The standard InChI is InChI=1S/C23H20Cl3N3O2/c1-4-31-21-10-7-16(11-17(21)13-27)23(30)29-22(20(28-3)9-5-14(2)24)15-6-8-18(25)19(26)12-15/h5-12,22H,3-4H2,1-2H3,(H,29,30)/b14-5+,20-9-/t22-/m0/s1. The van der Waals surface area contributed by atoms with Gasteiger partial charge in [-0.15, -0.1) is 0 Å². The van der Waals surface area contributed by atoms with Gasteiger partial charge in [-0.1, -0.05) is 40.9 Å². The van der Waals surface area contributed by atoms with E-state index >= 15 is 0 Å². The lowest BCUT2D eigenvalue weighted by Crippen LogP contribution is -2.29. The SMILES string of the molecule is C=N/C(=C\C=C(/C)Cl)[C@@H](NC(=O)c1ccc(OCC)c(C#N)c1)c1ccc(Cl)c(Cl)c1. The van der Waals surface area contributed by atoms with Crippen molar-refractivity contribution >= 4 is 47.4 Å². The number of halogens is 3. The Labute approximate surface area is 196 Å². The van der Waals surface area contributed by atoms with E-state index in [-0.39, 0.29) is 11.1 Å². The third kappa shape index (κ3) is 6.60. The van der Waals surface area contributed by atoms with Gasteiger partial charge in [0.2, 0.25) is 0 Å². The number of benzene rings is 2. The van der Waals surface area contributed by atoms with Gasteiger partial charge in [0.1, 0.15) is 11.8 Å². The first-order chi connectivity index (χ1) is 14.8. The minimum Gasteiger partial charge on any atom is -0.492 e. The molecule has 160 valence electrons. The van der Waals surface area contributed by atoms with Crippen LogP contribution in [0.15, 0.2) is 64.3 Å². The maximum Gasteiger partial charge on any atom is 0.252 e. The smallest absolute Gasteiger partial charge is 0.252 e. The van der Waals surface area contributed by atoms with E-state index in [4.69, 9.17) is 39.5 Å². The highest BCUT2D eigenvalue weighted by atomic mass is 35.5. The lowest BCUT2D eigenvalue weighted by molar-refractivity contribution is 0.0942. The summed E-state index contributed by atoms with van der Waals surface area (Å²) in [7, 11) is 0. The third-order valence-corrected chi connectivity index (χ3v) is 5.04. The molecule has 2 rings (SSSR count). The van der Waals surface area contributed by atoms with Crippen LogP contribution in [0.2, 0.25) is 10.0 Å². The highest BCUT2D eigenvalue weighted by Crippen LogP contribution is 2.30. The minimum atomic E-state index is -0.691. The molecule has 31 heavy (non-hydrogen) atoms. The van der Waals surface area contributed by atoms with Crippen LogP contribution in [0.3, 0.4) is 0 Å². The predicted molar refractivity (Wildman–Crippen MR) is 126 cm³/mol. The third-order valence-electron chi connectivity index (χ3n) is 4.18. The van der Waals surface area contributed by atoms with Crippen LogP contribution in [0, 0.1) is 11.3 Å². The summed E-state index contributed by atoms with van der Waals surface area (Å²) in [6.45, 7) is 7.55. The zero-order chi connectivity index (χ0) is 23.0. The van der Waals surface area contributed by atoms with Gasteiger partial charge < -0.3 is 10.1 Å². The number of aliphatic imine (C=N–C) groups is 1. The van der Waals surface area contributed by atoms with E-state index in [1.807, 2.05) is 13.0 Å². The molecule has 0 aliphatic carbocycles. The minimum absolute atomic E-state index is 0.263. The molecular weight excluding hydrogens is 457 g/mol. The molecule has 0 fully saturated rings. The van der Waals surface area contributed by atoms with Gasteiger partial charge in [-0.05, 0) is 68.6 Å². The molecule has 0 aromatic heterocycles. The van der Waals surface area contributed by atoms with Gasteiger partial charge in [-0.25, -0.2) is 0 Å². The van der Waals surface area contributed by atoms with Crippen molar-refractivity contribution in [2.45, 2.75) is 19.9 Å². The second kappa shape index (κ2) is 11.6. The Kier molecular flexibility index (Phi) is 9.14. The predicted octanol–water partition coefficient (Wildman–Crippen LogP) is 6.46. The average molecular weight is 477 g/mol. The Morgan fingerprint density at radius 3 is 2.58 bits per heavy atom. The number of hydrogen-bond donors (Lipinski definition) is 1. The first kappa shape index (κ1) is 24.5. The topological polar surface area (TPSA) is 74.5 Å². The van der Waals surface area contributed by atoms with Crippen LogP contribution >= 0.6 is 34.8 Å². The Morgan fingerprint density at radius 1 is 1.26 bits per heavy atom. The summed E-state index contributed by atoms with van der Waals surface area (Å²) in [4.78, 5) is 17.1. The number of amides is 1. The van der Waals surface area contributed by atoms with E-state index in [0.717, 1.165) is 0 Å². The monoisotopic (exact) mass is 475 g/mol. The molecular formula is C23H20Cl3N3O2. The van der Waals surface area contributed by atoms with Gasteiger partial charge >= 0.3 is 0 Å². The zero-order valence-corrected chi connectivity index (χ0v) is 19.2. The van der Waals surface area contributed by atoms with Crippen LogP contribution in [0.4, 0.5) is 0 Å². The number of ether oxygens (including phenoxy) is 1. The quantitative estimate of drug-likeness (QED) is 0.351. The van der Waals surface area contributed by atoms with Gasteiger partial charge in [0, 0.05) is 10.6 Å². The largest absolute Gasteiger partial charge is 0.492 e. The maximum atomic E-state index is 13.0. The van der Waals surface area contributed by atoms with Crippen LogP contribution in [-0.2, 0) is 0 Å². The number of allylic oxidation sites excluding steroid dienone is 3. The molecule has 1 amide bonds. The molecule has 0 spiro atoms. The summed E-state index contributed by atoms with van der Waals surface area (Å²) in [6.07, 6.45) is 3.30. The summed E-state index contributed by atoms with van der Waals surface area (Å²) in [5.74, 6) is -0.00426. The lowest BCUT2D eigenvalue weighted by Gasteiger charge is -2.20. The van der Waals surface area contributed by atoms with Gasteiger partial charge in [0.05, 0.1) is 34.0 Å². The number of rotatable bonds is 8. The molecule has 1 N–H and O–H groups in total. The van der Waals surface area contributed by atoms with Crippen LogP contribution in [0.1, 0.15) is 41.4 Å². The van der Waals surface area contributed by atoms with Gasteiger partial charge in [-0.2, -0.15) is 5.26 Å². The molecule has 2 aromatic carbocycles. The second-order valence-electron chi connectivity index (χ2n) is 6.34. The highest BCUT2D eigenvalue weighted by Gasteiger charge is 2.21. The summed E-state index contributed by atoms with van der Waals surface area (Å²) in [5.41, 5.74) is 1.64. The second-order valence-corrected chi connectivity index (χ2v) is 7.75. The molecule has 0 radical (unpaired) electrons. The number of nitrogens with zero attached hydrogens (tertiary/aromatic N) is 2. The number of carbonyl (C=O) groups excluding carboxylic acids is 1. The molecule has 0 aliphatic rings. The molecule has 0 aliphatic heterocycles. The normalized spacial score (nSPS) is 12.6. The van der Waals surface area contributed by atoms with E-state index in [0.29, 0.717) is 38.7 Å². The van der Waals surface area contributed by atoms with E-state index in [1.165, 1.54) is 6.07 Å². The van der Waals surface area contributed by atoms with Gasteiger partial charge in [-0.3, -0.25) is 9.79 Å². The number of carbonyl (C=O) groups is 1. The first-order valence-corrected chi connectivity index (χ1v) is 10.4. The Hall–Kier alpha value is -2.78. The van der Waals surface area contributed by atoms with Crippen molar-refractivity contribution in [1.82, 2.24) is 5.32 Å². The summed E-state index contributed by atoms with van der Waals surface area (Å²) < 4.78 is 5.41. The van der Waals surface area contributed by atoms with E-state index < -0.39 is 11.9 Å². The summed E-state index contributed by atoms with van der Waals surface area (Å²) in [6, 6.07) is 11.0. The lowest BCUT2D eigenvalue weighted by atomic mass is 10.0. The van der Waals surface area contributed by atoms with Crippen molar-refractivity contribution in [3.63, 3.8) is 0 Å². The van der Waals surface area contributed by atoms with Crippen molar-refractivity contribution in [3.05, 3.63) is 86.0 Å². The molecule has 0 bridgehead atoms. The van der Waals surface area contributed by atoms with Crippen molar-refractivity contribution in [2.24, 2.45) is 4.99 Å². The maximum absolute atomic E-state index is 13.0. The molecule has 0 unspecified atom stereocenters. The van der Waals surface area contributed by atoms with Gasteiger partial charge in [0.25, 0.3) is 5.91 Å². The molecule has 8 heteroatoms. The van der Waals surface area contributed by atoms with Crippen molar-refractivity contribution in [2.75, 3.05) is 6.61 Å². The Morgan fingerprint density at radius 2 is 2.00 bits per heavy atom. The Balaban J connectivity index is 2.47. The molecule has 0 saturated carbocycles. The highest BCUT2D eigenvalue weighted by molar-refractivity contribution is 6.42. The molecule has 5 nitrogen and oxygen atoms in total. The van der Waals surface area contributed by atoms with E-state index in [1.54, 1.807) is 49.4 Å². The number of nitriles is 1. The first-order valence-electron chi connectivity index (χ1n) is 9.24. The van der Waals surface area contributed by atoms with E-state index in [9.17, 15) is 10.1 Å². The van der Waals surface area contributed by atoms with Crippen LogP contribution in [-0.4, -0.2) is 19.2 Å². The van der Waals surface area contributed by atoms with Crippen LogP contribution < -0.4 is 10.1 Å². The van der Waals surface area contributed by atoms with Crippen molar-refractivity contribution in [3.8, 4) is 11.8 Å². The number of nitrogens with one attached hydrogen (secondary N) is 1. The molecule has 2 aromatic rings. The average Bonchev–Trinajstić information content (AvgIpc) is 2.75. The van der Waals surface area contributed by atoms with Crippen molar-refractivity contribution in [1.29, 1.82) is 5.26 Å². The molecule has 0 heterocycles. The fourth-order valence-electron chi connectivity index (χ4n) is 2.71. The van der Waals surface area contributed by atoms with Crippen molar-refractivity contribution < 1.29 is 9.53 Å². The van der Waals surface area contributed by atoms with Crippen LogP contribution in [0.25, 0.3) is 0 Å². The van der Waals surface area contributed by atoms with E-state index in [2.05, 4.69) is 17.0 Å².